The van der Waals surface area contributed by atoms with Crippen molar-refractivity contribution in [2.45, 2.75) is 6.18 Å². The smallest absolute Gasteiger partial charge is 0.317 e. The third kappa shape index (κ3) is 3.99. The van der Waals surface area contributed by atoms with Gasteiger partial charge in [0.1, 0.15) is 5.57 Å². The van der Waals surface area contributed by atoms with Crippen LogP contribution >= 0.6 is 12.2 Å². The second-order valence-corrected chi connectivity index (χ2v) is 7.03. The Morgan fingerprint density at radius 3 is 2.32 bits per heavy atom. The third-order valence-corrected chi connectivity index (χ3v) is 4.92. The first kappa shape index (κ1) is 20.5. The molecule has 5 nitrogen and oxygen atoms in total. The molecule has 0 saturated carbocycles. The molecule has 0 spiro atoms. The van der Waals surface area contributed by atoms with Crippen LogP contribution in [0, 0.1) is 0 Å². The van der Waals surface area contributed by atoms with Gasteiger partial charge in [-0.15, -0.1) is 0 Å². The number of rotatable bonds is 3. The number of nitrogens with zero attached hydrogens (tertiary/aromatic N) is 2. The molecule has 156 valence electrons. The molecular formula is C22H14F3N3O2S. The Morgan fingerprint density at radius 2 is 1.61 bits per heavy atom. The molecule has 3 aromatic rings. The zero-order valence-corrected chi connectivity index (χ0v) is 16.6. The van der Waals surface area contributed by atoms with Crippen LogP contribution in [0.1, 0.15) is 11.3 Å². The van der Waals surface area contributed by atoms with Crippen molar-refractivity contribution in [1.82, 2.24) is 9.88 Å². The van der Waals surface area contributed by atoms with Crippen LogP contribution in [0.2, 0.25) is 0 Å². The number of anilines is 1. The minimum atomic E-state index is -4.59. The SMILES string of the molecule is O=C1NC(=S)N(c2cccc(C(F)(F)F)c2)C(=O)/C1=C/c1cccn1-c1ccccc1. The van der Waals surface area contributed by atoms with E-state index >= 15 is 0 Å². The first-order valence-corrected chi connectivity index (χ1v) is 9.48. The van der Waals surface area contributed by atoms with Crippen molar-refractivity contribution in [3.63, 3.8) is 0 Å². The molecule has 2 amide bonds. The Labute approximate surface area is 180 Å². The average Bonchev–Trinajstić information content (AvgIpc) is 3.19. The Balaban J connectivity index is 1.75. The van der Waals surface area contributed by atoms with E-state index in [2.05, 4.69) is 5.32 Å². The minimum Gasteiger partial charge on any atom is -0.317 e. The van der Waals surface area contributed by atoms with Gasteiger partial charge in [0.05, 0.1) is 11.3 Å². The van der Waals surface area contributed by atoms with Crippen molar-refractivity contribution in [3.8, 4) is 5.69 Å². The summed E-state index contributed by atoms with van der Waals surface area (Å²) in [6.45, 7) is 0. The number of carbonyl (C=O) groups excluding carboxylic acids is 2. The first-order chi connectivity index (χ1) is 14.8. The average molecular weight is 441 g/mol. The number of hydrogen-bond donors (Lipinski definition) is 1. The maximum atomic E-state index is 13.1. The van der Waals surface area contributed by atoms with Gasteiger partial charge in [-0.2, -0.15) is 13.2 Å². The zero-order valence-electron chi connectivity index (χ0n) is 15.8. The summed E-state index contributed by atoms with van der Waals surface area (Å²) in [6, 6.07) is 16.9. The van der Waals surface area contributed by atoms with Crippen molar-refractivity contribution in [3.05, 3.63) is 89.8 Å². The fourth-order valence-electron chi connectivity index (χ4n) is 3.20. The van der Waals surface area contributed by atoms with Crippen LogP contribution < -0.4 is 10.2 Å². The Bertz CT molecular complexity index is 1220. The molecule has 1 aliphatic rings. The molecule has 9 heteroatoms. The van der Waals surface area contributed by atoms with E-state index in [-0.39, 0.29) is 16.4 Å². The van der Waals surface area contributed by atoms with E-state index in [0.29, 0.717) is 5.69 Å². The molecule has 0 atom stereocenters. The number of amides is 2. The summed E-state index contributed by atoms with van der Waals surface area (Å²) >= 11 is 5.06. The number of nitrogens with one attached hydrogen (secondary N) is 1. The number of para-hydroxylation sites is 1. The number of carbonyl (C=O) groups is 2. The predicted molar refractivity (Wildman–Crippen MR) is 113 cm³/mol. The van der Waals surface area contributed by atoms with Gasteiger partial charge in [0, 0.05) is 17.6 Å². The quantitative estimate of drug-likeness (QED) is 0.374. The Kier molecular flexibility index (Phi) is 5.20. The van der Waals surface area contributed by atoms with Crippen LogP contribution in [-0.2, 0) is 15.8 Å². The molecule has 1 fully saturated rings. The van der Waals surface area contributed by atoms with Crippen LogP contribution in [0.5, 0.6) is 0 Å². The third-order valence-electron chi connectivity index (χ3n) is 4.64. The summed E-state index contributed by atoms with van der Waals surface area (Å²) in [5, 5.41) is 2.09. The summed E-state index contributed by atoms with van der Waals surface area (Å²) in [6.07, 6.45) is -1.44. The minimum absolute atomic E-state index is 0.0887. The lowest BCUT2D eigenvalue weighted by molar-refractivity contribution is -0.137. The van der Waals surface area contributed by atoms with E-state index in [4.69, 9.17) is 12.2 Å². The van der Waals surface area contributed by atoms with Gasteiger partial charge in [0.25, 0.3) is 11.8 Å². The van der Waals surface area contributed by atoms with Gasteiger partial charge < -0.3 is 4.57 Å². The lowest BCUT2D eigenvalue weighted by Gasteiger charge is -2.29. The van der Waals surface area contributed by atoms with Crippen molar-refractivity contribution >= 4 is 40.9 Å². The molecule has 0 bridgehead atoms. The van der Waals surface area contributed by atoms with Crippen LogP contribution in [0.15, 0.2) is 78.5 Å². The summed E-state index contributed by atoms with van der Waals surface area (Å²) in [5.74, 6) is -1.53. The van der Waals surface area contributed by atoms with E-state index in [1.54, 1.807) is 22.9 Å². The fraction of sp³-hybridized carbons (Fsp3) is 0.0455. The zero-order chi connectivity index (χ0) is 22.2. The molecule has 1 aromatic heterocycles. The molecule has 1 aliphatic heterocycles. The van der Waals surface area contributed by atoms with E-state index in [1.165, 1.54) is 18.2 Å². The molecular weight excluding hydrogens is 427 g/mol. The van der Waals surface area contributed by atoms with Gasteiger partial charge in [-0.25, -0.2) is 0 Å². The highest BCUT2D eigenvalue weighted by Gasteiger charge is 2.36. The van der Waals surface area contributed by atoms with Gasteiger partial charge in [0.2, 0.25) is 0 Å². The Morgan fingerprint density at radius 1 is 0.903 bits per heavy atom. The van der Waals surface area contributed by atoms with Crippen LogP contribution in [0.3, 0.4) is 0 Å². The fourth-order valence-corrected chi connectivity index (χ4v) is 3.48. The van der Waals surface area contributed by atoms with E-state index < -0.39 is 23.6 Å². The molecule has 2 heterocycles. The normalized spacial score (nSPS) is 16.0. The van der Waals surface area contributed by atoms with E-state index in [0.717, 1.165) is 22.7 Å². The lowest BCUT2D eigenvalue weighted by Crippen LogP contribution is -2.54. The largest absolute Gasteiger partial charge is 0.416 e. The number of alkyl halides is 3. The molecule has 0 radical (unpaired) electrons. The number of halogens is 3. The van der Waals surface area contributed by atoms with Crippen molar-refractivity contribution in [2.75, 3.05) is 4.90 Å². The molecule has 0 unspecified atom stereocenters. The molecule has 1 saturated heterocycles. The molecule has 2 aromatic carbocycles. The standard InChI is InChI=1S/C22H14F3N3O2S/c23-22(24,25)14-6-4-9-17(12-14)28-20(30)18(19(29)26-21(28)31)13-16-10-5-11-27(16)15-7-2-1-3-8-15/h1-13H,(H,26,29,31)/b18-13+. The van der Waals surface area contributed by atoms with Crippen molar-refractivity contribution < 1.29 is 22.8 Å². The van der Waals surface area contributed by atoms with Gasteiger partial charge in [-0.3, -0.25) is 19.8 Å². The highest BCUT2D eigenvalue weighted by Crippen LogP contribution is 2.32. The number of thiocarbonyl (C=S) groups is 1. The molecule has 1 N–H and O–H groups in total. The Hall–Kier alpha value is -3.72. The topological polar surface area (TPSA) is 54.3 Å². The number of hydrogen-bond acceptors (Lipinski definition) is 3. The molecule has 0 aliphatic carbocycles. The maximum absolute atomic E-state index is 13.1. The highest BCUT2D eigenvalue weighted by atomic mass is 32.1. The van der Waals surface area contributed by atoms with Crippen molar-refractivity contribution in [2.24, 2.45) is 0 Å². The summed E-state index contributed by atoms with van der Waals surface area (Å²) in [5.41, 5.74) is 0.0897. The van der Waals surface area contributed by atoms with Crippen LogP contribution in [0.25, 0.3) is 11.8 Å². The second-order valence-electron chi connectivity index (χ2n) is 6.64. The van der Waals surface area contributed by atoms with Gasteiger partial charge in [-0.05, 0) is 60.8 Å². The van der Waals surface area contributed by atoms with Gasteiger partial charge in [-0.1, -0.05) is 24.3 Å². The van der Waals surface area contributed by atoms with E-state index in [9.17, 15) is 22.8 Å². The van der Waals surface area contributed by atoms with Gasteiger partial charge in [0.15, 0.2) is 5.11 Å². The van der Waals surface area contributed by atoms with Crippen LogP contribution in [0.4, 0.5) is 18.9 Å². The van der Waals surface area contributed by atoms with Crippen LogP contribution in [-0.4, -0.2) is 21.5 Å². The molecule has 31 heavy (non-hydrogen) atoms. The first-order valence-electron chi connectivity index (χ1n) is 9.07. The second kappa shape index (κ2) is 7.84. The van der Waals surface area contributed by atoms with E-state index in [1.807, 2.05) is 30.3 Å². The predicted octanol–water partition coefficient (Wildman–Crippen LogP) is 4.33. The summed E-state index contributed by atoms with van der Waals surface area (Å²) < 4.78 is 41.1. The summed E-state index contributed by atoms with van der Waals surface area (Å²) in [4.78, 5) is 26.5. The monoisotopic (exact) mass is 441 g/mol. The lowest BCUT2D eigenvalue weighted by atomic mass is 10.1. The highest BCUT2D eigenvalue weighted by molar-refractivity contribution is 7.80. The summed E-state index contributed by atoms with van der Waals surface area (Å²) in [7, 11) is 0. The number of benzene rings is 2. The maximum Gasteiger partial charge on any atom is 0.416 e. The van der Waals surface area contributed by atoms with Crippen molar-refractivity contribution in [1.29, 1.82) is 0 Å². The number of aromatic nitrogens is 1. The van der Waals surface area contributed by atoms with Gasteiger partial charge >= 0.3 is 6.18 Å². The molecule has 4 rings (SSSR count).